The number of pyridine rings is 1. The summed E-state index contributed by atoms with van der Waals surface area (Å²) in [4.78, 5) is 19.0. The smallest absolute Gasteiger partial charge is 0.255 e. The predicted octanol–water partition coefficient (Wildman–Crippen LogP) is 2.55. The summed E-state index contributed by atoms with van der Waals surface area (Å²) in [5, 5.41) is 0. The molecule has 2 atom stereocenters. The average molecular weight is 428 g/mol. The van der Waals surface area contributed by atoms with Crippen LogP contribution >= 0.6 is 0 Å². The molecule has 2 aromatic rings. The van der Waals surface area contributed by atoms with Gasteiger partial charge >= 0.3 is 0 Å². The highest BCUT2D eigenvalue weighted by atomic mass is 32.2. The minimum absolute atomic E-state index is 0.0726. The Bertz CT molecular complexity index is 1040. The zero-order valence-electron chi connectivity index (χ0n) is 16.7. The van der Waals surface area contributed by atoms with E-state index in [1.807, 2.05) is 0 Å². The summed E-state index contributed by atoms with van der Waals surface area (Å²) in [5.41, 5.74) is 0.549. The maximum absolute atomic E-state index is 13.5. The number of hydrogen-bond acceptors (Lipinski definition) is 5. The SMILES string of the molecule is O=C(c1cccnc1)N1CC[C@@H]2[C@@H](CC1)Oc1ccccc1S(=O)(=O)N2CC1CC1. The lowest BCUT2D eigenvalue weighted by molar-refractivity contribution is 0.0754. The van der Waals surface area contributed by atoms with Crippen LogP contribution in [0.4, 0.5) is 0 Å². The highest BCUT2D eigenvalue weighted by molar-refractivity contribution is 7.89. The first-order chi connectivity index (χ1) is 14.5. The second-order valence-corrected chi connectivity index (χ2v) is 10.2. The Hall–Kier alpha value is -2.45. The normalized spacial score (nSPS) is 25.9. The van der Waals surface area contributed by atoms with Gasteiger partial charge in [-0.25, -0.2) is 8.42 Å². The fourth-order valence-electron chi connectivity index (χ4n) is 4.42. The summed E-state index contributed by atoms with van der Waals surface area (Å²) in [5.74, 6) is 0.761. The lowest BCUT2D eigenvalue weighted by atomic mass is 10.1. The third-order valence-electron chi connectivity index (χ3n) is 6.22. The molecule has 2 aliphatic heterocycles. The van der Waals surface area contributed by atoms with Crippen molar-refractivity contribution in [3.8, 4) is 5.75 Å². The number of benzene rings is 1. The van der Waals surface area contributed by atoms with Gasteiger partial charge < -0.3 is 9.64 Å². The van der Waals surface area contributed by atoms with Gasteiger partial charge in [-0.15, -0.1) is 0 Å². The molecule has 0 bridgehead atoms. The van der Waals surface area contributed by atoms with Crippen LogP contribution in [-0.2, 0) is 10.0 Å². The number of hydrogen-bond donors (Lipinski definition) is 0. The van der Waals surface area contributed by atoms with Crippen molar-refractivity contribution in [2.75, 3.05) is 19.6 Å². The number of nitrogens with zero attached hydrogens (tertiary/aromatic N) is 3. The van der Waals surface area contributed by atoms with E-state index in [1.54, 1.807) is 58.0 Å². The van der Waals surface area contributed by atoms with Crippen LogP contribution in [0, 0.1) is 5.92 Å². The second kappa shape index (κ2) is 7.67. The van der Waals surface area contributed by atoms with Crippen molar-refractivity contribution < 1.29 is 17.9 Å². The summed E-state index contributed by atoms with van der Waals surface area (Å²) in [7, 11) is -3.66. The fraction of sp³-hybridized carbons (Fsp3) is 0.455. The molecule has 1 amide bonds. The third kappa shape index (κ3) is 3.58. The van der Waals surface area contributed by atoms with Gasteiger partial charge in [0.25, 0.3) is 5.91 Å². The van der Waals surface area contributed by atoms with Gasteiger partial charge in [-0.1, -0.05) is 12.1 Å². The number of sulfonamides is 1. The molecule has 1 saturated carbocycles. The molecule has 0 radical (unpaired) electrons. The summed E-state index contributed by atoms with van der Waals surface area (Å²) in [6.07, 6.45) is 6.20. The van der Waals surface area contributed by atoms with Crippen LogP contribution in [0.25, 0.3) is 0 Å². The van der Waals surface area contributed by atoms with E-state index in [4.69, 9.17) is 4.74 Å². The van der Waals surface area contributed by atoms with Crippen LogP contribution in [-0.4, -0.2) is 60.3 Å². The van der Waals surface area contributed by atoms with E-state index in [1.165, 1.54) is 0 Å². The third-order valence-corrected chi connectivity index (χ3v) is 8.15. The van der Waals surface area contributed by atoms with Gasteiger partial charge in [0.05, 0.1) is 11.6 Å². The molecule has 1 aromatic heterocycles. The summed E-state index contributed by atoms with van der Waals surface area (Å²) in [6, 6.07) is 10.1. The number of rotatable bonds is 3. The maximum Gasteiger partial charge on any atom is 0.255 e. The van der Waals surface area contributed by atoms with Crippen molar-refractivity contribution in [1.82, 2.24) is 14.2 Å². The Morgan fingerprint density at radius 1 is 1.07 bits per heavy atom. The van der Waals surface area contributed by atoms with Crippen LogP contribution in [0.1, 0.15) is 36.0 Å². The lowest BCUT2D eigenvalue weighted by Gasteiger charge is -2.31. The van der Waals surface area contributed by atoms with Crippen LogP contribution in [0.2, 0.25) is 0 Å². The highest BCUT2D eigenvalue weighted by Crippen LogP contribution is 2.39. The Morgan fingerprint density at radius 2 is 1.87 bits per heavy atom. The van der Waals surface area contributed by atoms with Gasteiger partial charge in [-0.3, -0.25) is 9.78 Å². The van der Waals surface area contributed by atoms with Crippen LogP contribution < -0.4 is 4.74 Å². The topological polar surface area (TPSA) is 79.8 Å². The number of ether oxygens (including phenoxy) is 1. The van der Waals surface area contributed by atoms with Crippen molar-refractivity contribution in [1.29, 1.82) is 0 Å². The van der Waals surface area contributed by atoms with Crippen molar-refractivity contribution >= 4 is 15.9 Å². The number of aromatic nitrogens is 1. The van der Waals surface area contributed by atoms with Crippen molar-refractivity contribution in [2.24, 2.45) is 5.92 Å². The molecular formula is C22H25N3O4S. The molecule has 0 spiro atoms. The molecule has 30 heavy (non-hydrogen) atoms. The van der Waals surface area contributed by atoms with E-state index in [-0.39, 0.29) is 22.9 Å². The molecule has 5 rings (SSSR count). The largest absolute Gasteiger partial charge is 0.487 e. The summed E-state index contributed by atoms with van der Waals surface area (Å²) < 4.78 is 35.0. The minimum atomic E-state index is -3.66. The minimum Gasteiger partial charge on any atom is -0.487 e. The van der Waals surface area contributed by atoms with E-state index in [0.717, 1.165) is 12.8 Å². The van der Waals surface area contributed by atoms with E-state index in [0.29, 0.717) is 49.7 Å². The molecule has 158 valence electrons. The Balaban J connectivity index is 1.46. The Kier molecular flexibility index (Phi) is 4.99. The summed E-state index contributed by atoms with van der Waals surface area (Å²) >= 11 is 0. The molecular weight excluding hydrogens is 402 g/mol. The standard InChI is InChI=1S/C22H25N3O4S/c26-22(17-4-3-11-23-14-17)24-12-9-18-19(10-13-24)29-20-5-1-2-6-21(20)30(27,28)25(18)15-16-7-8-16/h1-6,11,14,16,18-19H,7-10,12-13,15H2/t18-,19-/m1/s1. The zero-order chi connectivity index (χ0) is 20.7. The molecule has 2 fully saturated rings. The van der Waals surface area contributed by atoms with Crippen LogP contribution in [0.3, 0.4) is 0 Å². The monoisotopic (exact) mass is 427 g/mol. The number of likely N-dealkylation sites (tertiary alicyclic amines) is 1. The van der Waals surface area contributed by atoms with Crippen molar-refractivity contribution in [2.45, 2.75) is 42.7 Å². The van der Waals surface area contributed by atoms with E-state index in [9.17, 15) is 13.2 Å². The van der Waals surface area contributed by atoms with E-state index in [2.05, 4.69) is 4.98 Å². The summed E-state index contributed by atoms with van der Waals surface area (Å²) in [6.45, 7) is 1.54. The second-order valence-electron chi connectivity index (χ2n) is 8.30. The number of fused-ring (bicyclic) bond motifs is 2. The molecule has 3 heterocycles. The van der Waals surface area contributed by atoms with Gasteiger partial charge in [0.2, 0.25) is 10.0 Å². The van der Waals surface area contributed by atoms with Gasteiger partial charge in [0, 0.05) is 38.4 Å². The van der Waals surface area contributed by atoms with Crippen LogP contribution in [0.5, 0.6) is 5.75 Å². The molecule has 0 unspecified atom stereocenters. The number of para-hydroxylation sites is 1. The first kappa shape index (κ1) is 19.5. The van der Waals surface area contributed by atoms with Gasteiger partial charge in [-0.05, 0) is 49.4 Å². The molecule has 1 aromatic carbocycles. The number of carbonyl (C=O) groups is 1. The molecule has 7 nitrogen and oxygen atoms in total. The fourth-order valence-corrected chi connectivity index (χ4v) is 6.30. The molecule has 8 heteroatoms. The maximum atomic E-state index is 13.5. The lowest BCUT2D eigenvalue weighted by Crippen LogP contribution is -2.48. The molecule has 1 aliphatic carbocycles. The molecule has 1 saturated heterocycles. The first-order valence-corrected chi connectivity index (χ1v) is 11.9. The van der Waals surface area contributed by atoms with Crippen molar-refractivity contribution in [3.05, 3.63) is 54.4 Å². The van der Waals surface area contributed by atoms with Gasteiger partial charge in [0.15, 0.2) is 0 Å². The predicted molar refractivity (Wildman–Crippen MR) is 111 cm³/mol. The molecule has 3 aliphatic rings. The van der Waals surface area contributed by atoms with Gasteiger partial charge in [0.1, 0.15) is 16.7 Å². The Labute approximate surface area is 176 Å². The highest BCUT2D eigenvalue weighted by Gasteiger charge is 2.45. The first-order valence-electron chi connectivity index (χ1n) is 10.5. The van der Waals surface area contributed by atoms with E-state index >= 15 is 0 Å². The van der Waals surface area contributed by atoms with Gasteiger partial charge in [-0.2, -0.15) is 4.31 Å². The van der Waals surface area contributed by atoms with Crippen molar-refractivity contribution in [3.63, 3.8) is 0 Å². The Morgan fingerprint density at radius 3 is 2.63 bits per heavy atom. The number of amides is 1. The quantitative estimate of drug-likeness (QED) is 0.752. The molecule has 0 N–H and O–H groups in total. The zero-order valence-corrected chi connectivity index (χ0v) is 17.5. The van der Waals surface area contributed by atoms with Crippen LogP contribution in [0.15, 0.2) is 53.7 Å². The average Bonchev–Trinajstić information content (AvgIpc) is 3.60. The number of carbonyl (C=O) groups excluding carboxylic acids is 1. The van der Waals surface area contributed by atoms with E-state index < -0.39 is 10.0 Å².